The molecule has 0 saturated carbocycles. The Kier molecular flexibility index (Phi) is 7.36. The first kappa shape index (κ1) is 29.7. The van der Waals surface area contributed by atoms with Crippen LogP contribution in [0.3, 0.4) is 0 Å². The zero-order valence-corrected chi connectivity index (χ0v) is 26.4. The second-order valence-corrected chi connectivity index (χ2v) is 15.1. The molecule has 3 unspecified atom stereocenters. The molecule has 0 aliphatic carbocycles. The second kappa shape index (κ2) is 9.65. The van der Waals surface area contributed by atoms with Gasteiger partial charge in [0.1, 0.15) is 0 Å². The maximum atomic E-state index is 6.70. The van der Waals surface area contributed by atoms with Crippen LogP contribution in [0.15, 0.2) is 17.1 Å². The summed E-state index contributed by atoms with van der Waals surface area (Å²) in [6, 6.07) is 0. The Hall–Kier alpha value is -0.740. The van der Waals surface area contributed by atoms with E-state index in [4.69, 9.17) is 23.6 Å². The van der Waals surface area contributed by atoms with Gasteiger partial charge in [0.25, 0.3) is 0 Å². The standard InChI is InChI=1S/C29H52B2N4O4/c1-22-18-23(2)20-35(19-22)29(34-16-14-33(11)15-17-34)13-12-28(21-32-29,30-36-24(3,4)25(5,6)37-30)31-38-26(7,8)27(9,10)39-31/h12-13,21-23H,14-20H2,1-11H3. The smallest absolute Gasteiger partial charge is 0.403 e. The van der Waals surface area contributed by atoms with E-state index in [1.165, 1.54) is 6.42 Å². The van der Waals surface area contributed by atoms with Crippen molar-refractivity contribution in [3.8, 4) is 0 Å². The zero-order valence-electron chi connectivity index (χ0n) is 26.4. The number of piperidine rings is 1. The minimum atomic E-state index is -0.834. The maximum absolute atomic E-state index is 6.70. The highest BCUT2D eigenvalue weighted by Crippen LogP contribution is 2.53. The quantitative estimate of drug-likeness (QED) is 0.394. The molecule has 0 radical (unpaired) electrons. The van der Waals surface area contributed by atoms with Gasteiger partial charge in [0.05, 0.1) is 27.6 Å². The largest absolute Gasteiger partial charge is 0.471 e. The number of rotatable bonds is 4. The third-order valence-corrected chi connectivity index (χ3v) is 10.7. The fourth-order valence-electron chi connectivity index (χ4n) is 6.67. The number of hydrogen-bond acceptors (Lipinski definition) is 8. The van der Waals surface area contributed by atoms with E-state index in [2.05, 4.69) is 109 Å². The van der Waals surface area contributed by atoms with Gasteiger partial charge < -0.3 is 23.5 Å². The van der Waals surface area contributed by atoms with Crippen LogP contribution < -0.4 is 0 Å². The van der Waals surface area contributed by atoms with E-state index in [1.807, 2.05) is 0 Å². The Morgan fingerprint density at radius 2 is 1.10 bits per heavy atom. The number of allylic oxidation sites excluding steroid dienone is 1. The highest BCUT2D eigenvalue weighted by atomic mass is 16.7. The molecule has 0 bridgehead atoms. The number of aliphatic imine (C=N–C) groups is 1. The number of piperazine rings is 1. The molecule has 5 aliphatic heterocycles. The monoisotopic (exact) mass is 542 g/mol. The molecular weight excluding hydrogens is 490 g/mol. The summed E-state index contributed by atoms with van der Waals surface area (Å²) >= 11 is 0. The number of likely N-dealkylation sites (tertiary alicyclic amines) is 1. The Morgan fingerprint density at radius 3 is 1.49 bits per heavy atom. The molecule has 5 aliphatic rings. The number of likely N-dealkylation sites (N-methyl/N-ethyl adjacent to an activating group) is 1. The number of nitrogens with zero attached hydrogens (tertiary/aromatic N) is 4. The van der Waals surface area contributed by atoms with E-state index in [0.29, 0.717) is 11.8 Å². The number of hydrogen-bond donors (Lipinski definition) is 0. The molecule has 0 aromatic rings. The molecule has 5 rings (SSSR count). The summed E-state index contributed by atoms with van der Waals surface area (Å²) in [7, 11) is 1.01. The lowest BCUT2D eigenvalue weighted by Gasteiger charge is -2.53. The van der Waals surface area contributed by atoms with Crippen LogP contribution >= 0.6 is 0 Å². The zero-order chi connectivity index (χ0) is 28.6. The molecule has 0 N–H and O–H groups in total. The summed E-state index contributed by atoms with van der Waals surface area (Å²) < 4.78 is 26.8. The summed E-state index contributed by atoms with van der Waals surface area (Å²) in [6.07, 6.45) is 7.90. The topological polar surface area (TPSA) is 59.0 Å². The minimum absolute atomic E-state index is 0.486. The van der Waals surface area contributed by atoms with Gasteiger partial charge in [-0.2, -0.15) is 0 Å². The van der Waals surface area contributed by atoms with Crippen molar-refractivity contribution in [1.82, 2.24) is 14.7 Å². The van der Waals surface area contributed by atoms with Crippen LogP contribution in [0.1, 0.15) is 75.7 Å². The molecule has 0 aromatic heterocycles. The third-order valence-electron chi connectivity index (χ3n) is 10.7. The highest BCUT2D eigenvalue weighted by Gasteiger charge is 2.69. The van der Waals surface area contributed by atoms with Crippen molar-refractivity contribution in [3.05, 3.63) is 12.2 Å². The molecular formula is C29H52B2N4O4. The van der Waals surface area contributed by atoms with E-state index in [1.54, 1.807) is 0 Å². The van der Waals surface area contributed by atoms with E-state index < -0.39 is 47.6 Å². The Labute approximate surface area is 238 Å². The summed E-state index contributed by atoms with van der Waals surface area (Å²) in [5.41, 5.74) is -1.95. The predicted octanol–water partition coefficient (Wildman–Crippen LogP) is 3.97. The van der Waals surface area contributed by atoms with Crippen LogP contribution in [-0.4, -0.2) is 110 Å². The lowest BCUT2D eigenvalue weighted by Crippen LogP contribution is -2.66. The molecule has 5 heterocycles. The molecule has 39 heavy (non-hydrogen) atoms. The van der Waals surface area contributed by atoms with Gasteiger partial charge in [0, 0.05) is 45.5 Å². The van der Waals surface area contributed by atoms with Crippen molar-refractivity contribution >= 4 is 20.5 Å². The van der Waals surface area contributed by atoms with E-state index in [9.17, 15) is 0 Å². The predicted molar refractivity (Wildman–Crippen MR) is 159 cm³/mol. The van der Waals surface area contributed by atoms with Gasteiger partial charge >= 0.3 is 14.2 Å². The maximum Gasteiger partial charge on any atom is 0.471 e. The van der Waals surface area contributed by atoms with Gasteiger partial charge in [-0.3, -0.25) is 14.8 Å². The first-order chi connectivity index (χ1) is 17.9. The molecule has 10 heteroatoms. The van der Waals surface area contributed by atoms with Gasteiger partial charge in [-0.05, 0) is 86.8 Å². The molecule has 4 fully saturated rings. The second-order valence-electron chi connectivity index (χ2n) is 15.1. The van der Waals surface area contributed by atoms with Crippen molar-refractivity contribution in [2.45, 2.75) is 109 Å². The van der Waals surface area contributed by atoms with E-state index in [-0.39, 0.29) is 0 Å². The van der Waals surface area contributed by atoms with Gasteiger partial charge in [-0.15, -0.1) is 0 Å². The van der Waals surface area contributed by atoms with Crippen LogP contribution in [-0.2, 0) is 18.6 Å². The molecule has 218 valence electrons. The van der Waals surface area contributed by atoms with E-state index in [0.717, 1.165) is 39.3 Å². The summed E-state index contributed by atoms with van der Waals surface area (Å²) in [5.74, 6) is 0.709. The van der Waals surface area contributed by atoms with Gasteiger partial charge in [-0.1, -0.05) is 19.9 Å². The first-order valence-corrected chi connectivity index (χ1v) is 15.1. The fourth-order valence-corrected chi connectivity index (χ4v) is 6.67. The van der Waals surface area contributed by atoms with Crippen LogP contribution in [0.25, 0.3) is 0 Å². The van der Waals surface area contributed by atoms with Crippen LogP contribution in [0.5, 0.6) is 0 Å². The van der Waals surface area contributed by atoms with Gasteiger partial charge in [-0.25, -0.2) is 0 Å². The Morgan fingerprint density at radius 1 is 0.667 bits per heavy atom. The number of dihydropyridines is 1. The first-order valence-electron chi connectivity index (χ1n) is 15.1. The lowest BCUT2D eigenvalue weighted by molar-refractivity contribution is -0.0655. The molecule has 0 aromatic carbocycles. The van der Waals surface area contributed by atoms with Crippen molar-refractivity contribution in [1.29, 1.82) is 0 Å². The summed E-state index contributed by atoms with van der Waals surface area (Å²) in [6.45, 7) is 27.6. The van der Waals surface area contributed by atoms with Crippen molar-refractivity contribution in [2.75, 3.05) is 46.3 Å². The van der Waals surface area contributed by atoms with Crippen LogP contribution in [0.2, 0.25) is 5.21 Å². The summed E-state index contributed by atoms with van der Waals surface area (Å²) in [5, 5.41) is -0.834. The molecule has 0 spiro atoms. The Balaban J connectivity index is 1.57. The minimum Gasteiger partial charge on any atom is -0.403 e. The molecule has 8 nitrogen and oxygen atoms in total. The van der Waals surface area contributed by atoms with Crippen molar-refractivity contribution in [2.24, 2.45) is 16.8 Å². The summed E-state index contributed by atoms with van der Waals surface area (Å²) in [4.78, 5) is 13.1. The molecule has 3 atom stereocenters. The fraction of sp³-hybridized carbons (Fsp3) is 0.897. The Bertz CT molecular complexity index is 898. The van der Waals surface area contributed by atoms with Crippen LogP contribution in [0, 0.1) is 11.8 Å². The average Bonchev–Trinajstić information content (AvgIpc) is 3.19. The van der Waals surface area contributed by atoms with Crippen molar-refractivity contribution in [3.63, 3.8) is 0 Å². The van der Waals surface area contributed by atoms with Crippen molar-refractivity contribution < 1.29 is 18.6 Å². The van der Waals surface area contributed by atoms with Gasteiger partial charge in [0.2, 0.25) is 0 Å². The van der Waals surface area contributed by atoms with Crippen LogP contribution in [0.4, 0.5) is 0 Å². The molecule has 4 saturated heterocycles. The van der Waals surface area contributed by atoms with Gasteiger partial charge in [0.15, 0.2) is 5.79 Å². The average molecular weight is 542 g/mol. The SMILES string of the molecule is CC1CC(C)CN(C2(N3CCN(C)CC3)C=CC(B3OC(C)(C)C(C)(C)O3)(B3OC(C)(C)C(C)(C)O3)C=N2)C1. The normalized spacial score (nSPS) is 38.0. The van der Waals surface area contributed by atoms with E-state index >= 15 is 0 Å². The molecule has 0 amide bonds. The highest BCUT2D eigenvalue weighted by molar-refractivity contribution is 6.77. The third kappa shape index (κ3) is 4.90. The lowest BCUT2D eigenvalue weighted by atomic mass is 9.38.